The van der Waals surface area contributed by atoms with Crippen molar-refractivity contribution in [1.29, 1.82) is 0 Å². The number of piperidine rings is 1. The molecule has 12 heteroatoms. The minimum atomic E-state index is -3.88. The molecule has 208 valence electrons. The summed E-state index contributed by atoms with van der Waals surface area (Å²) in [5.74, 6) is -0.590. The molecule has 3 amide bonds. The minimum Gasteiger partial charge on any atom is -0.351 e. The zero-order valence-electron chi connectivity index (χ0n) is 21.3. The second-order valence-corrected chi connectivity index (χ2v) is 13.5. The van der Waals surface area contributed by atoms with E-state index in [9.17, 15) is 22.8 Å². The molecule has 0 bridgehead atoms. The van der Waals surface area contributed by atoms with Gasteiger partial charge in [-0.25, -0.2) is 8.42 Å². The van der Waals surface area contributed by atoms with Gasteiger partial charge in [0, 0.05) is 35.3 Å². The van der Waals surface area contributed by atoms with Gasteiger partial charge in [-0.05, 0) is 55.9 Å². The highest BCUT2D eigenvalue weighted by molar-refractivity contribution is 7.92. The van der Waals surface area contributed by atoms with Crippen molar-refractivity contribution in [1.82, 2.24) is 19.8 Å². The molecule has 39 heavy (non-hydrogen) atoms. The van der Waals surface area contributed by atoms with E-state index >= 15 is 0 Å². The average Bonchev–Trinajstić information content (AvgIpc) is 3.28. The zero-order chi connectivity index (χ0) is 27.6. The number of hydrogen-bond donors (Lipinski definition) is 2. The van der Waals surface area contributed by atoms with Crippen molar-refractivity contribution in [3.63, 3.8) is 0 Å². The maximum absolute atomic E-state index is 13.2. The summed E-state index contributed by atoms with van der Waals surface area (Å²) in [5.41, 5.74) is 1.20. The van der Waals surface area contributed by atoms with Crippen molar-refractivity contribution >= 4 is 56.8 Å². The van der Waals surface area contributed by atoms with Gasteiger partial charge in [-0.2, -0.15) is 4.72 Å². The van der Waals surface area contributed by atoms with Crippen molar-refractivity contribution in [2.24, 2.45) is 0 Å². The first kappa shape index (κ1) is 27.8. The predicted octanol–water partition coefficient (Wildman–Crippen LogP) is 2.95. The SMILES string of the molecule is O=C(N[C@H]1C[C@@H]1c1ccccc1)[C@H]1CCCN1C(=O)CN1CCC[C@H](NS(=O)(=O)C=Cc2ccc(Cl)s2)C1=O. The van der Waals surface area contributed by atoms with Crippen molar-refractivity contribution in [2.75, 3.05) is 19.6 Å². The van der Waals surface area contributed by atoms with Gasteiger partial charge in [0.1, 0.15) is 12.1 Å². The Hall–Kier alpha value is -2.73. The Kier molecular flexibility index (Phi) is 8.41. The summed E-state index contributed by atoms with van der Waals surface area (Å²) < 4.78 is 28.1. The van der Waals surface area contributed by atoms with E-state index in [0.717, 1.165) is 18.2 Å². The molecule has 3 aliphatic rings. The van der Waals surface area contributed by atoms with Crippen LogP contribution in [0.1, 0.15) is 48.5 Å². The Morgan fingerprint density at radius 1 is 1.08 bits per heavy atom. The number of thiophene rings is 1. The molecule has 5 rings (SSSR count). The lowest BCUT2D eigenvalue weighted by atomic mass is 10.1. The van der Waals surface area contributed by atoms with Gasteiger partial charge >= 0.3 is 0 Å². The molecule has 2 saturated heterocycles. The Labute approximate surface area is 237 Å². The molecule has 0 unspecified atom stereocenters. The van der Waals surface area contributed by atoms with Gasteiger partial charge in [0.15, 0.2) is 0 Å². The van der Waals surface area contributed by atoms with E-state index in [1.54, 1.807) is 17.0 Å². The molecule has 2 N–H and O–H groups in total. The largest absolute Gasteiger partial charge is 0.351 e. The van der Waals surface area contributed by atoms with Crippen LogP contribution < -0.4 is 10.0 Å². The summed E-state index contributed by atoms with van der Waals surface area (Å²) in [6.07, 6.45) is 4.51. The van der Waals surface area contributed by atoms with Crippen LogP contribution in [0.5, 0.6) is 0 Å². The molecular weight excluding hydrogens is 560 g/mol. The van der Waals surface area contributed by atoms with Crippen LogP contribution in [0.3, 0.4) is 0 Å². The normalized spacial score (nSPS) is 25.3. The number of hydrogen-bond acceptors (Lipinski definition) is 6. The van der Waals surface area contributed by atoms with E-state index in [2.05, 4.69) is 22.2 Å². The summed E-state index contributed by atoms with van der Waals surface area (Å²) in [6, 6.07) is 12.0. The van der Waals surface area contributed by atoms with Gasteiger partial charge in [-0.15, -0.1) is 11.3 Å². The van der Waals surface area contributed by atoms with Crippen molar-refractivity contribution in [2.45, 2.75) is 56.1 Å². The number of nitrogens with zero attached hydrogens (tertiary/aromatic N) is 2. The van der Waals surface area contributed by atoms with Crippen molar-refractivity contribution < 1.29 is 22.8 Å². The minimum absolute atomic E-state index is 0.0701. The van der Waals surface area contributed by atoms with Gasteiger partial charge in [0.25, 0.3) is 0 Å². The van der Waals surface area contributed by atoms with Crippen LogP contribution in [0.2, 0.25) is 4.34 Å². The van der Waals surface area contributed by atoms with E-state index < -0.39 is 28.0 Å². The molecular formula is C27H31ClN4O5S2. The number of rotatable bonds is 9. The summed E-state index contributed by atoms with van der Waals surface area (Å²) in [5, 5.41) is 4.11. The van der Waals surface area contributed by atoms with Crippen LogP contribution in [0, 0.1) is 0 Å². The zero-order valence-corrected chi connectivity index (χ0v) is 23.7. The average molecular weight is 591 g/mol. The highest BCUT2D eigenvalue weighted by Gasteiger charge is 2.43. The third kappa shape index (κ3) is 6.89. The lowest BCUT2D eigenvalue weighted by Crippen LogP contribution is -2.55. The Morgan fingerprint density at radius 3 is 2.59 bits per heavy atom. The highest BCUT2D eigenvalue weighted by atomic mass is 35.5. The second kappa shape index (κ2) is 11.8. The van der Waals surface area contributed by atoms with Crippen molar-refractivity contribution in [3.8, 4) is 0 Å². The quantitative estimate of drug-likeness (QED) is 0.466. The van der Waals surface area contributed by atoms with E-state index in [0.29, 0.717) is 47.5 Å². The maximum atomic E-state index is 13.2. The molecule has 3 fully saturated rings. The number of nitrogens with one attached hydrogen (secondary N) is 2. The third-order valence-corrected chi connectivity index (χ3v) is 9.69. The Bertz CT molecular complexity index is 1360. The topological polar surface area (TPSA) is 116 Å². The van der Waals surface area contributed by atoms with Gasteiger partial charge < -0.3 is 15.1 Å². The van der Waals surface area contributed by atoms with Crippen LogP contribution in [-0.2, 0) is 24.4 Å². The molecule has 0 spiro atoms. The third-order valence-electron chi connectivity index (χ3n) is 7.39. The van der Waals surface area contributed by atoms with Gasteiger partial charge in [0.2, 0.25) is 27.7 Å². The number of halogens is 1. The summed E-state index contributed by atoms with van der Waals surface area (Å²) in [7, 11) is -3.88. The fourth-order valence-corrected chi connectivity index (χ4v) is 7.38. The molecule has 4 atom stereocenters. The standard InChI is InChI=1S/C27H31ClN4O5S2/c28-24-11-10-19(38-24)12-15-39(36,37)30-21-8-4-13-31(27(21)35)17-25(33)32-14-5-9-23(32)26(34)29-22-16-20(22)18-6-2-1-3-7-18/h1-3,6-7,10-12,15,20-23,30H,4-5,8-9,13-14,16-17H2,(H,29,34)/t20-,21+,22+,23-/m1/s1. The molecule has 0 radical (unpaired) electrons. The number of sulfonamides is 1. The smallest absolute Gasteiger partial charge is 0.243 e. The van der Waals surface area contributed by atoms with Crippen LogP contribution >= 0.6 is 22.9 Å². The fourth-order valence-electron chi connectivity index (χ4n) is 5.31. The van der Waals surface area contributed by atoms with Gasteiger partial charge in [-0.1, -0.05) is 41.9 Å². The highest BCUT2D eigenvalue weighted by Crippen LogP contribution is 2.40. The number of likely N-dealkylation sites (tertiary alicyclic amines) is 2. The lowest BCUT2D eigenvalue weighted by molar-refractivity contribution is -0.145. The van der Waals surface area contributed by atoms with E-state index in [-0.39, 0.29) is 24.4 Å². The van der Waals surface area contributed by atoms with Gasteiger partial charge in [-0.3, -0.25) is 14.4 Å². The fraction of sp³-hybridized carbons (Fsp3) is 0.444. The summed E-state index contributed by atoms with van der Waals surface area (Å²) >= 11 is 7.13. The van der Waals surface area contributed by atoms with E-state index in [4.69, 9.17) is 11.6 Å². The van der Waals surface area contributed by atoms with E-state index in [1.165, 1.54) is 27.9 Å². The van der Waals surface area contributed by atoms with Crippen molar-refractivity contribution in [3.05, 3.63) is 62.6 Å². The molecule has 1 aromatic carbocycles. The predicted molar refractivity (Wildman–Crippen MR) is 150 cm³/mol. The number of carbonyl (C=O) groups excluding carboxylic acids is 3. The Morgan fingerprint density at radius 2 is 1.85 bits per heavy atom. The molecule has 9 nitrogen and oxygen atoms in total. The molecule has 2 aromatic rings. The number of carbonyl (C=O) groups is 3. The monoisotopic (exact) mass is 590 g/mol. The molecule has 1 aromatic heterocycles. The second-order valence-electron chi connectivity index (χ2n) is 10.2. The molecule has 1 aliphatic carbocycles. The maximum Gasteiger partial charge on any atom is 0.243 e. The Balaban J connectivity index is 1.14. The first-order chi connectivity index (χ1) is 18.7. The van der Waals surface area contributed by atoms with Gasteiger partial charge in [0.05, 0.1) is 10.9 Å². The summed E-state index contributed by atoms with van der Waals surface area (Å²) in [6.45, 7) is 0.637. The first-order valence-corrected chi connectivity index (χ1v) is 15.8. The molecule has 3 heterocycles. The lowest BCUT2D eigenvalue weighted by Gasteiger charge is -2.33. The van der Waals surface area contributed by atoms with Crippen LogP contribution in [-0.4, -0.2) is 73.7 Å². The molecule has 2 aliphatic heterocycles. The summed E-state index contributed by atoms with van der Waals surface area (Å²) in [4.78, 5) is 43.0. The first-order valence-electron chi connectivity index (χ1n) is 13.1. The van der Waals surface area contributed by atoms with Crippen LogP contribution in [0.25, 0.3) is 6.08 Å². The molecule has 1 saturated carbocycles. The number of benzene rings is 1. The van der Waals surface area contributed by atoms with Crippen LogP contribution in [0.15, 0.2) is 47.9 Å². The van der Waals surface area contributed by atoms with Crippen LogP contribution in [0.4, 0.5) is 0 Å². The number of amides is 3. The van der Waals surface area contributed by atoms with E-state index in [1.807, 2.05) is 18.2 Å².